The van der Waals surface area contributed by atoms with E-state index in [1.165, 1.54) is 6.07 Å². The molecule has 4 aromatic rings. The lowest BCUT2D eigenvalue weighted by molar-refractivity contribution is -0.0506. The summed E-state index contributed by atoms with van der Waals surface area (Å²) in [7, 11) is 0. The number of pyridine rings is 1. The number of rotatable bonds is 5. The van der Waals surface area contributed by atoms with Crippen molar-refractivity contribution in [3.8, 4) is 16.9 Å². The van der Waals surface area contributed by atoms with Gasteiger partial charge in [-0.3, -0.25) is 0 Å². The van der Waals surface area contributed by atoms with Crippen molar-refractivity contribution in [1.29, 1.82) is 0 Å². The summed E-state index contributed by atoms with van der Waals surface area (Å²) in [4.78, 5) is 16.0. The maximum absolute atomic E-state index is 13.1. The van der Waals surface area contributed by atoms with Crippen molar-refractivity contribution >= 4 is 11.6 Å². The number of aromatic nitrogens is 4. The Morgan fingerprint density at radius 1 is 1.08 bits per heavy atom. The summed E-state index contributed by atoms with van der Waals surface area (Å²) in [6, 6.07) is 10.7. The Bertz CT molecular complexity index is 1430. The number of alkyl halides is 2. The molecule has 192 valence electrons. The first-order valence-electron chi connectivity index (χ1n) is 12.3. The summed E-state index contributed by atoms with van der Waals surface area (Å²) in [6.45, 7) is 2.55. The highest BCUT2D eigenvalue weighted by Gasteiger charge is 2.37. The van der Waals surface area contributed by atoms with Gasteiger partial charge in [-0.25, -0.2) is 15.0 Å². The van der Waals surface area contributed by atoms with E-state index in [-0.39, 0.29) is 23.8 Å². The zero-order valence-corrected chi connectivity index (χ0v) is 20.5. The smallest absolute Gasteiger partial charge is 0.387 e. The monoisotopic (exact) mass is 507 g/mol. The first-order valence-corrected chi connectivity index (χ1v) is 12.3. The van der Waals surface area contributed by atoms with Crippen molar-refractivity contribution in [1.82, 2.24) is 19.4 Å². The van der Waals surface area contributed by atoms with Crippen LogP contribution in [0.5, 0.6) is 5.75 Å². The van der Waals surface area contributed by atoms with Crippen LogP contribution in [-0.2, 0) is 4.74 Å². The Morgan fingerprint density at radius 3 is 2.65 bits per heavy atom. The number of fused-ring (bicyclic) bond motifs is 3. The molecule has 1 saturated heterocycles. The molecule has 1 aromatic carbocycles. The quantitative estimate of drug-likeness (QED) is 0.423. The zero-order valence-electron chi connectivity index (χ0n) is 20.5. The Balaban J connectivity index is 1.37. The van der Waals surface area contributed by atoms with E-state index in [4.69, 9.17) is 9.47 Å². The second-order valence-corrected chi connectivity index (χ2v) is 9.67. The third kappa shape index (κ3) is 4.30. The van der Waals surface area contributed by atoms with Crippen LogP contribution < -0.4 is 9.64 Å². The fraction of sp³-hybridized carbons (Fsp3) is 0.370. The number of imidazole rings is 1. The maximum Gasteiger partial charge on any atom is 0.387 e. The minimum Gasteiger partial charge on any atom is -0.435 e. The molecule has 1 aliphatic carbocycles. The van der Waals surface area contributed by atoms with Crippen LogP contribution >= 0.6 is 0 Å². The Kier molecular flexibility index (Phi) is 6.00. The number of halogens is 2. The van der Waals surface area contributed by atoms with E-state index in [0.29, 0.717) is 35.9 Å². The number of aliphatic hydroxyl groups is 1. The number of anilines is 1. The van der Waals surface area contributed by atoms with Gasteiger partial charge in [-0.1, -0.05) is 18.2 Å². The van der Waals surface area contributed by atoms with E-state index >= 15 is 0 Å². The molecule has 6 rings (SSSR count). The van der Waals surface area contributed by atoms with Gasteiger partial charge in [0.2, 0.25) is 5.95 Å². The van der Waals surface area contributed by atoms with Crippen molar-refractivity contribution in [2.45, 2.75) is 51.0 Å². The van der Waals surface area contributed by atoms with Gasteiger partial charge in [0.25, 0.3) is 0 Å². The number of morpholine rings is 1. The molecule has 3 aromatic heterocycles. The van der Waals surface area contributed by atoms with Gasteiger partial charge in [0.1, 0.15) is 11.4 Å². The minimum atomic E-state index is -2.94. The zero-order chi connectivity index (χ0) is 25.7. The van der Waals surface area contributed by atoms with Gasteiger partial charge < -0.3 is 23.9 Å². The molecular weight excluding hydrogens is 480 g/mol. The number of aliphatic hydroxyl groups excluding tert-OH is 1. The number of hydrogen-bond acceptors (Lipinski definition) is 7. The van der Waals surface area contributed by atoms with Crippen molar-refractivity contribution < 1.29 is 23.4 Å². The van der Waals surface area contributed by atoms with Gasteiger partial charge >= 0.3 is 6.61 Å². The van der Waals surface area contributed by atoms with E-state index in [9.17, 15) is 13.9 Å². The molecule has 4 atom stereocenters. The topological polar surface area (TPSA) is 85.0 Å². The van der Waals surface area contributed by atoms with Crippen LogP contribution in [0.25, 0.3) is 16.8 Å². The average molecular weight is 508 g/mol. The second-order valence-electron chi connectivity index (χ2n) is 9.67. The second kappa shape index (κ2) is 9.35. The summed E-state index contributed by atoms with van der Waals surface area (Å²) < 4.78 is 38.6. The molecule has 1 aliphatic heterocycles. The van der Waals surface area contributed by atoms with E-state index < -0.39 is 12.7 Å². The van der Waals surface area contributed by atoms with E-state index in [1.54, 1.807) is 30.6 Å². The van der Waals surface area contributed by atoms with Crippen LogP contribution in [0.4, 0.5) is 14.7 Å². The lowest BCUT2D eigenvalue weighted by Crippen LogP contribution is -2.48. The Labute approximate surface area is 212 Å². The third-order valence-corrected chi connectivity index (χ3v) is 7.14. The number of nitrogens with zero attached hydrogens (tertiary/aromatic N) is 5. The fourth-order valence-corrected chi connectivity index (χ4v) is 5.34. The molecule has 0 bridgehead atoms. The van der Waals surface area contributed by atoms with Crippen LogP contribution in [0, 0.1) is 0 Å². The predicted octanol–water partition coefficient (Wildman–Crippen LogP) is 4.58. The molecule has 8 nitrogen and oxygen atoms in total. The predicted molar refractivity (Wildman–Crippen MR) is 133 cm³/mol. The highest BCUT2D eigenvalue weighted by Crippen LogP contribution is 2.47. The molecule has 1 fully saturated rings. The van der Waals surface area contributed by atoms with Crippen molar-refractivity contribution in [2.75, 3.05) is 18.1 Å². The van der Waals surface area contributed by atoms with Gasteiger partial charge in [-0.05, 0) is 38.5 Å². The van der Waals surface area contributed by atoms with E-state index in [1.807, 2.05) is 29.7 Å². The molecule has 2 aliphatic rings. The molecule has 1 N–H and O–H groups in total. The molecule has 10 heteroatoms. The van der Waals surface area contributed by atoms with Crippen molar-refractivity contribution in [3.63, 3.8) is 0 Å². The largest absolute Gasteiger partial charge is 0.435 e. The highest BCUT2D eigenvalue weighted by molar-refractivity contribution is 5.65. The summed E-state index contributed by atoms with van der Waals surface area (Å²) in [5.41, 5.74) is 4.28. The SMILES string of the molecule is C[C@H]1CN(c2ncc(-c3ccc4nc5c(n4c3)[C@@H](c3ccccc3OC(F)F)C[C@H]5O)cn2)[C@@H](C)CO1. The van der Waals surface area contributed by atoms with Gasteiger partial charge in [-0.15, -0.1) is 0 Å². The van der Waals surface area contributed by atoms with Crippen LogP contribution in [0.3, 0.4) is 0 Å². The molecule has 0 radical (unpaired) electrons. The number of hydrogen-bond donors (Lipinski definition) is 1. The molecule has 37 heavy (non-hydrogen) atoms. The number of ether oxygens (including phenoxy) is 2. The van der Waals surface area contributed by atoms with Crippen LogP contribution in [0.2, 0.25) is 0 Å². The van der Waals surface area contributed by atoms with Crippen molar-refractivity contribution in [2.24, 2.45) is 0 Å². The fourth-order valence-electron chi connectivity index (χ4n) is 5.34. The minimum absolute atomic E-state index is 0.101. The normalized spacial score (nSPS) is 23.6. The van der Waals surface area contributed by atoms with Crippen LogP contribution in [0.1, 0.15) is 49.2 Å². The first-order chi connectivity index (χ1) is 17.9. The molecular formula is C27H27F2N5O3. The summed E-state index contributed by atoms with van der Waals surface area (Å²) in [5.74, 6) is 0.410. The third-order valence-electron chi connectivity index (χ3n) is 7.14. The Hall–Kier alpha value is -3.63. The molecule has 0 saturated carbocycles. The van der Waals surface area contributed by atoms with Crippen molar-refractivity contribution in [3.05, 3.63) is 71.9 Å². The summed E-state index contributed by atoms with van der Waals surface area (Å²) >= 11 is 0. The maximum atomic E-state index is 13.1. The van der Waals surface area contributed by atoms with E-state index in [2.05, 4.69) is 26.8 Å². The van der Waals surface area contributed by atoms with E-state index in [0.717, 1.165) is 23.4 Å². The molecule has 0 amide bonds. The van der Waals surface area contributed by atoms with Gasteiger partial charge in [-0.2, -0.15) is 8.78 Å². The lowest BCUT2D eigenvalue weighted by Gasteiger charge is -2.36. The van der Waals surface area contributed by atoms with Gasteiger partial charge in [0.15, 0.2) is 0 Å². The van der Waals surface area contributed by atoms with Crippen LogP contribution in [0.15, 0.2) is 55.0 Å². The number of benzene rings is 1. The first kappa shape index (κ1) is 23.7. The lowest BCUT2D eigenvalue weighted by atomic mass is 9.95. The standard InChI is InChI=1S/C27H27F2N5O3/c1-15-14-36-16(2)12-33(15)27-30-10-18(11-31-27)17-7-8-23-32-24-21(35)9-20(25(24)34(23)13-17)19-5-3-4-6-22(19)37-26(28)29/h3-8,10-11,13,15-16,20-21,26,35H,9,12,14H2,1-2H3/t15-,16-,20+,21+/m0/s1. The number of para-hydroxylation sites is 1. The van der Waals surface area contributed by atoms with Gasteiger partial charge in [0, 0.05) is 47.7 Å². The summed E-state index contributed by atoms with van der Waals surface area (Å²) in [5, 5.41) is 10.8. The average Bonchev–Trinajstić information content (AvgIpc) is 3.42. The highest BCUT2D eigenvalue weighted by atomic mass is 19.3. The van der Waals surface area contributed by atoms with Crippen LogP contribution in [-0.4, -0.2) is 56.4 Å². The molecule has 0 unspecified atom stereocenters. The summed E-state index contributed by atoms with van der Waals surface area (Å²) in [6.07, 6.45) is 5.17. The Morgan fingerprint density at radius 2 is 1.86 bits per heavy atom. The molecule has 0 spiro atoms. The van der Waals surface area contributed by atoms with Gasteiger partial charge in [0.05, 0.1) is 36.2 Å². The molecule has 4 heterocycles.